The molecule has 0 atom stereocenters. The molecule has 0 aliphatic rings. The lowest BCUT2D eigenvalue weighted by Gasteiger charge is -2.07. The average Bonchev–Trinajstić information content (AvgIpc) is 2.61. The summed E-state index contributed by atoms with van der Waals surface area (Å²) in [5.74, 6) is 0.800. The molecule has 2 heterocycles. The minimum atomic E-state index is 0.501. The van der Waals surface area contributed by atoms with Crippen LogP contribution in [0.1, 0.15) is 20.9 Å². The molecule has 0 bridgehead atoms. The minimum Gasteiger partial charge on any atom is -0.365 e. The van der Waals surface area contributed by atoms with Crippen molar-refractivity contribution < 1.29 is 0 Å². The number of nitrogens with zero attached hydrogens (tertiary/aromatic N) is 2. The van der Waals surface area contributed by atoms with E-state index < -0.39 is 0 Å². The highest BCUT2D eigenvalue weighted by molar-refractivity contribution is 7.12. The van der Waals surface area contributed by atoms with Crippen LogP contribution in [0.25, 0.3) is 0 Å². The predicted octanol–water partition coefficient (Wildman–Crippen LogP) is 3.73. The van der Waals surface area contributed by atoms with Gasteiger partial charge in [-0.1, -0.05) is 11.6 Å². The van der Waals surface area contributed by atoms with Gasteiger partial charge in [-0.05, 0) is 32.4 Å². The van der Waals surface area contributed by atoms with Crippen molar-refractivity contribution in [1.82, 2.24) is 9.97 Å². The van der Waals surface area contributed by atoms with Crippen LogP contribution in [0.15, 0.2) is 12.4 Å². The molecular formula is C12H14ClN3S. The SMILES string of the molecule is Cc1cc(CNc2ncnc(Cl)c2C)sc1C. The van der Waals surface area contributed by atoms with Crippen LogP contribution in [-0.2, 0) is 6.54 Å². The third-order valence-corrected chi connectivity index (χ3v) is 4.20. The van der Waals surface area contributed by atoms with Crippen LogP contribution < -0.4 is 5.32 Å². The summed E-state index contributed by atoms with van der Waals surface area (Å²) >= 11 is 7.74. The van der Waals surface area contributed by atoms with E-state index in [9.17, 15) is 0 Å². The van der Waals surface area contributed by atoms with Crippen LogP contribution in [-0.4, -0.2) is 9.97 Å². The van der Waals surface area contributed by atoms with E-state index in [1.807, 2.05) is 6.92 Å². The van der Waals surface area contributed by atoms with Gasteiger partial charge in [0.25, 0.3) is 0 Å². The average molecular weight is 268 g/mol. The molecule has 0 spiro atoms. The highest BCUT2D eigenvalue weighted by atomic mass is 35.5. The first-order chi connectivity index (χ1) is 8.08. The van der Waals surface area contributed by atoms with Crippen molar-refractivity contribution >= 4 is 28.8 Å². The predicted molar refractivity (Wildman–Crippen MR) is 72.9 cm³/mol. The van der Waals surface area contributed by atoms with E-state index in [0.717, 1.165) is 17.9 Å². The van der Waals surface area contributed by atoms with Crippen LogP contribution in [0.5, 0.6) is 0 Å². The Bertz CT molecular complexity index is 517. The van der Waals surface area contributed by atoms with E-state index in [0.29, 0.717) is 5.15 Å². The Kier molecular flexibility index (Phi) is 3.64. The third kappa shape index (κ3) is 2.76. The highest BCUT2D eigenvalue weighted by Gasteiger charge is 2.06. The maximum absolute atomic E-state index is 5.94. The van der Waals surface area contributed by atoms with Crippen LogP contribution in [0, 0.1) is 20.8 Å². The Hall–Kier alpha value is -1.13. The molecule has 0 amide bonds. The molecule has 0 aromatic carbocycles. The van der Waals surface area contributed by atoms with Gasteiger partial charge in [0, 0.05) is 15.3 Å². The van der Waals surface area contributed by atoms with Crippen molar-refractivity contribution in [2.45, 2.75) is 27.3 Å². The lowest BCUT2D eigenvalue weighted by molar-refractivity contribution is 1.07. The number of hydrogen-bond donors (Lipinski definition) is 1. The maximum Gasteiger partial charge on any atom is 0.137 e. The molecule has 0 saturated heterocycles. The van der Waals surface area contributed by atoms with Crippen molar-refractivity contribution in [2.75, 3.05) is 5.32 Å². The fraction of sp³-hybridized carbons (Fsp3) is 0.333. The van der Waals surface area contributed by atoms with E-state index in [-0.39, 0.29) is 0 Å². The zero-order chi connectivity index (χ0) is 12.4. The number of aryl methyl sites for hydroxylation is 2. The molecule has 0 fully saturated rings. The smallest absolute Gasteiger partial charge is 0.137 e. The first-order valence-electron chi connectivity index (χ1n) is 5.35. The molecule has 0 radical (unpaired) electrons. The van der Waals surface area contributed by atoms with Crippen LogP contribution >= 0.6 is 22.9 Å². The van der Waals surface area contributed by atoms with Gasteiger partial charge in [0.05, 0.1) is 6.54 Å². The Labute approximate surface area is 110 Å². The zero-order valence-corrected chi connectivity index (χ0v) is 11.6. The van der Waals surface area contributed by atoms with Crippen molar-refractivity contribution in [3.63, 3.8) is 0 Å². The first-order valence-corrected chi connectivity index (χ1v) is 6.54. The quantitative estimate of drug-likeness (QED) is 0.861. The van der Waals surface area contributed by atoms with Crippen molar-refractivity contribution in [1.29, 1.82) is 0 Å². The third-order valence-electron chi connectivity index (χ3n) is 2.67. The van der Waals surface area contributed by atoms with Crippen molar-refractivity contribution in [3.8, 4) is 0 Å². The monoisotopic (exact) mass is 267 g/mol. The van der Waals surface area contributed by atoms with Gasteiger partial charge in [-0.25, -0.2) is 9.97 Å². The number of halogens is 1. The molecule has 1 N–H and O–H groups in total. The molecule has 0 unspecified atom stereocenters. The molecule has 5 heteroatoms. The number of anilines is 1. The van der Waals surface area contributed by atoms with Gasteiger partial charge in [-0.2, -0.15) is 0 Å². The van der Waals surface area contributed by atoms with E-state index in [1.165, 1.54) is 21.6 Å². The second kappa shape index (κ2) is 5.02. The number of thiophene rings is 1. The summed E-state index contributed by atoms with van der Waals surface area (Å²) in [5.41, 5.74) is 2.23. The van der Waals surface area contributed by atoms with E-state index in [2.05, 4.69) is 35.2 Å². The number of rotatable bonds is 3. The van der Waals surface area contributed by atoms with Gasteiger partial charge in [0.1, 0.15) is 17.3 Å². The summed E-state index contributed by atoms with van der Waals surface area (Å²) in [5, 5.41) is 3.79. The van der Waals surface area contributed by atoms with E-state index >= 15 is 0 Å². The summed E-state index contributed by atoms with van der Waals surface area (Å²) in [6, 6.07) is 2.20. The summed E-state index contributed by atoms with van der Waals surface area (Å²) in [6.07, 6.45) is 1.47. The summed E-state index contributed by atoms with van der Waals surface area (Å²) in [6.45, 7) is 6.95. The summed E-state index contributed by atoms with van der Waals surface area (Å²) in [4.78, 5) is 10.8. The zero-order valence-electron chi connectivity index (χ0n) is 10.0. The van der Waals surface area contributed by atoms with Gasteiger partial charge >= 0.3 is 0 Å². The second-order valence-corrected chi connectivity index (χ2v) is 5.64. The second-order valence-electron chi connectivity index (χ2n) is 3.94. The maximum atomic E-state index is 5.94. The number of hydrogen-bond acceptors (Lipinski definition) is 4. The standard InChI is InChI=1S/C12H14ClN3S/c1-7-4-10(17-9(7)3)5-14-12-8(2)11(13)15-6-16-12/h4,6H,5H2,1-3H3,(H,14,15,16). The molecule has 2 rings (SSSR count). The molecule has 2 aromatic heterocycles. The van der Waals surface area contributed by atoms with Gasteiger partial charge in [-0.3, -0.25) is 0 Å². The van der Waals surface area contributed by atoms with E-state index in [1.54, 1.807) is 11.3 Å². The molecule has 0 aliphatic carbocycles. The molecular weight excluding hydrogens is 254 g/mol. The van der Waals surface area contributed by atoms with Crippen LogP contribution in [0.3, 0.4) is 0 Å². The summed E-state index contributed by atoms with van der Waals surface area (Å²) in [7, 11) is 0. The first kappa shape index (κ1) is 12.3. The Morgan fingerprint density at radius 1 is 1.29 bits per heavy atom. The van der Waals surface area contributed by atoms with Gasteiger partial charge in [-0.15, -0.1) is 11.3 Å². The normalized spacial score (nSPS) is 10.6. The minimum absolute atomic E-state index is 0.501. The van der Waals surface area contributed by atoms with Gasteiger partial charge in [0.15, 0.2) is 0 Å². The fourth-order valence-electron chi connectivity index (χ4n) is 1.51. The Morgan fingerprint density at radius 3 is 2.71 bits per heavy atom. The highest BCUT2D eigenvalue weighted by Crippen LogP contribution is 2.23. The largest absolute Gasteiger partial charge is 0.365 e. The Morgan fingerprint density at radius 2 is 2.06 bits per heavy atom. The van der Waals surface area contributed by atoms with Crippen molar-refractivity contribution in [3.05, 3.63) is 38.4 Å². The molecule has 0 saturated carbocycles. The fourth-order valence-corrected chi connectivity index (χ4v) is 2.64. The molecule has 0 aliphatic heterocycles. The summed E-state index contributed by atoms with van der Waals surface area (Å²) < 4.78 is 0. The lowest BCUT2D eigenvalue weighted by Crippen LogP contribution is -2.02. The number of aromatic nitrogens is 2. The molecule has 3 nitrogen and oxygen atoms in total. The lowest BCUT2D eigenvalue weighted by atomic mass is 10.3. The van der Waals surface area contributed by atoms with E-state index in [4.69, 9.17) is 11.6 Å². The van der Waals surface area contributed by atoms with Crippen molar-refractivity contribution in [2.24, 2.45) is 0 Å². The Balaban J connectivity index is 2.10. The molecule has 2 aromatic rings. The van der Waals surface area contributed by atoms with Gasteiger partial charge < -0.3 is 5.32 Å². The number of nitrogens with one attached hydrogen (secondary N) is 1. The van der Waals surface area contributed by atoms with Crippen LogP contribution in [0.4, 0.5) is 5.82 Å². The molecule has 17 heavy (non-hydrogen) atoms. The topological polar surface area (TPSA) is 37.8 Å². The van der Waals surface area contributed by atoms with Crippen LogP contribution in [0.2, 0.25) is 5.15 Å². The van der Waals surface area contributed by atoms with Gasteiger partial charge in [0.2, 0.25) is 0 Å². The molecule has 90 valence electrons.